The highest BCUT2D eigenvalue weighted by molar-refractivity contribution is 7.80. The zero-order chi connectivity index (χ0) is 19.2. The summed E-state index contributed by atoms with van der Waals surface area (Å²) in [7, 11) is 0. The minimum absolute atomic E-state index is 0.330. The van der Waals surface area contributed by atoms with Crippen LogP contribution in [-0.4, -0.2) is 66.6 Å². The van der Waals surface area contributed by atoms with Gasteiger partial charge in [0.05, 0.1) is 26.2 Å². The molecular formula is C21H33N4OS+. The summed E-state index contributed by atoms with van der Waals surface area (Å²) in [5.74, 6) is 0.330. The van der Waals surface area contributed by atoms with E-state index in [1.807, 2.05) is 0 Å². The molecule has 1 amide bonds. The summed E-state index contributed by atoms with van der Waals surface area (Å²) in [4.78, 5) is 18.3. The average Bonchev–Trinajstić information content (AvgIpc) is 2.91. The predicted molar refractivity (Wildman–Crippen MR) is 114 cm³/mol. The normalized spacial score (nSPS) is 18.9. The number of likely N-dealkylation sites (tertiary alicyclic amines) is 1. The maximum Gasteiger partial charge on any atom is 0.277 e. The van der Waals surface area contributed by atoms with Crippen molar-refractivity contribution in [2.75, 3.05) is 51.1 Å². The molecule has 3 rings (SSSR count). The van der Waals surface area contributed by atoms with E-state index >= 15 is 0 Å². The molecule has 0 atom stereocenters. The molecule has 0 unspecified atom stereocenters. The monoisotopic (exact) mass is 389 g/mol. The van der Waals surface area contributed by atoms with Crippen molar-refractivity contribution in [3.05, 3.63) is 29.3 Å². The molecule has 6 heteroatoms. The maximum absolute atomic E-state index is 12.6. The number of quaternary nitrogens is 1. The Morgan fingerprint density at radius 3 is 2.15 bits per heavy atom. The van der Waals surface area contributed by atoms with Gasteiger partial charge < -0.3 is 20.0 Å². The standard InChI is InChI=1S/C21H32N4OS/c1-17-13-18(2)15-19(14-17)22-21(27)25-11-9-23(10-12-25)16-20(26)24-7-5-3-4-6-8-24/h13-15H,3-12,16H2,1-2H3,(H,22,27)/p+1. The fourth-order valence-electron chi connectivity index (χ4n) is 4.10. The molecule has 0 aliphatic carbocycles. The molecule has 2 N–H and O–H groups in total. The van der Waals surface area contributed by atoms with Gasteiger partial charge in [0.2, 0.25) is 0 Å². The van der Waals surface area contributed by atoms with Crippen LogP contribution in [0.5, 0.6) is 0 Å². The number of hydrogen-bond donors (Lipinski definition) is 2. The first-order valence-electron chi connectivity index (χ1n) is 10.3. The topological polar surface area (TPSA) is 40.0 Å². The lowest BCUT2D eigenvalue weighted by Gasteiger charge is -2.34. The Kier molecular flexibility index (Phi) is 7.07. The number of piperazine rings is 1. The maximum atomic E-state index is 12.6. The number of nitrogens with one attached hydrogen (secondary N) is 2. The number of benzene rings is 1. The first-order valence-corrected chi connectivity index (χ1v) is 10.7. The highest BCUT2D eigenvalue weighted by atomic mass is 32.1. The summed E-state index contributed by atoms with van der Waals surface area (Å²) in [6, 6.07) is 6.42. The highest BCUT2D eigenvalue weighted by Gasteiger charge is 2.26. The van der Waals surface area contributed by atoms with E-state index < -0.39 is 0 Å². The minimum atomic E-state index is 0.330. The molecule has 5 nitrogen and oxygen atoms in total. The zero-order valence-corrected chi connectivity index (χ0v) is 17.5. The predicted octanol–water partition coefficient (Wildman–Crippen LogP) is 1.60. The van der Waals surface area contributed by atoms with Gasteiger partial charge in [0.1, 0.15) is 0 Å². The van der Waals surface area contributed by atoms with E-state index in [9.17, 15) is 4.79 Å². The van der Waals surface area contributed by atoms with Crippen molar-refractivity contribution in [2.24, 2.45) is 0 Å². The Labute approximate surface area is 168 Å². The van der Waals surface area contributed by atoms with E-state index in [2.05, 4.69) is 47.2 Å². The summed E-state index contributed by atoms with van der Waals surface area (Å²) in [6.45, 7) is 10.5. The van der Waals surface area contributed by atoms with Crippen molar-refractivity contribution in [1.29, 1.82) is 0 Å². The van der Waals surface area contributed by atoms with Crippen molar-refractivity contribution in [3.63, 3.8) is 0 Å². The lowest BCUT2D eigenvalue weighted by Crippen LogP contribution is -3.15. The van der Waals surface area contributed by atoms with Gasteiger partial charge in [-0.1, -0.05) is 18.9 Å². The largest absolute Gasteiger partial charge is 0.338 e. The van der Waals surface area contributed by atoms with E-state index in [1.54, 1.807) is 0 Å². The van der Waals surface area contributed by atoms with Crippen LogP contribution in [0.15, 0.2) is 18.2 Å². The number of carbonyl (C=O) groups excluding carboxylic acids is 1. The number of carbonyl (C=O) groups is 1. The Bertz CT molecular complexity index is 642. The molecular weight excluding hydrogens is 356 g/mol. The number of anilines is 1. The van der Waals surface area contributed by atoms with Gasteiger partial charge in [-0.05, 0) is 62.2 Å². The molecule has 148 valence electrons. The highest BCUT2D eigenvalue weighted by Crippen LogP contribution is 2.14. The molecule has 27 heavy (non-hydrogen) atoms. The summed E-state index contributed by atoms with van der Waals surface area (Å²) in [5.41, 5.74) is 3.53. The third-order valence-corrected chi connectivity index (χ3v) is 5.95. The SMILES string of the molecule is Cc1cc(C)cc(NC(=S)N2CC[NH+](CC(=O)N3CCCCCC3)CC2)c1. The third kappa shape index (κ3) is 5.91. The molecule has 1 aromatic carbocycles. The van der Waals surface area contributed by atoms with Crippen molar-refractivity contribution >= 4 is 28.9 Å². The second-order valence-electron chi connectivity index (χ2n) is 8.02. The van der Waals surface area contributed by atoms with E-state index in [0.717, 1.165) is 62.9 Å². The molecule has 2 heterocycles. The van der Waals surface area contributed by atoms with Gasteiger partial charge in [-0.2, -0.15) is 0 Å². The van der Waals surface area contributed by atoms with Crippen LogP contribution in [0, 0.1) is 13.8 Å². The molecule has 0 saturated carbocycles. The van der Waals surface area contributed by atoms with Gasteiger partial charge >= 0.3 is 0 Å². The van der Waals surface area contributed by atoms with Crippen molar-refractivity contribution < 1.29 is 9.69 Å². The summed E-state index contributed by atoms with van der Waals surface area (Å²) < 4.78 is 0. The molecule has 1 aromatic rings. The van der Waals surface area contributed by atoms with Crippen LogP contribution < -0.4 is 10.2 Å². The second kappa shape index (κ2) is 9.51. The van der Waals surface area contributed by atoms with Gasteiger partial charge in [-0.15, -0.1) is 0 Å². The van der Waals surface area contributed by atoms with Gasteiger partial charge in [-0.25, -0.2) is 0 Å². The number of aryl methyl sites for hydroxylation is 2. The second-order valence-corrected chi connectivity index (χ2v) is 8.40. The lowest BCUT2D eigenvalue weighted by atomic mass is 10.1. The lowest BCUT2D eigenvalue weighted by molar-refractivity contribution is -0.896. The number of rotatable bonds is 3. The minimum Gasteiger partial charge on any atom is -0.338 e. The Balaban J connectivity index is 1.45. The fraction of sp³-hybridized carbons (Fsp3) is 0.619. The summed E-state index contributed by atoms with van der Waals surface area (Å²) in [6.07, 6.45) is 4.85. The van der Waals surface area contributed by atoms with Crippen molar-refractivity contribution in [1.82, 2.24) is 9.80 Å². The molecule has 0 bridgehead atoms. The number of amides is 1. The molecule has 2 fully saturated rings. The Hall–Kier alpha value is -1.66. The van der Waals surface area contributed by atoms with Crippen molar-refractivity contribution in [3.8, 4) is 0 Å². The van der Waals surface area contributed by atoms with Crippen LogP contribution in [0.4, 0.5) is 5.69 Å². The first-order chi connectivity index (χ1) is 13.0. The molecule has 2 aliphatic heterocycles. The van der Waals surface area contributed by atoms with Gasteiger partial charge in [-0.3, -0.25) is 4.79 Å². The quantitative estimate of drug-likeness (QED) is 0.771. The van der Waals surface area contributed by atoms with Crippen LogP contribution in [0.1, 0.15) is 36.8 Å². The van der Waals surface area contributed by atoms with Gasteiger partial charge in [0.15, 0.2) is 11.7 Å². The number of thiocarbonyl (C=S) groups is 1. The zero-order valence-electron chi connectivity index (χ0n) is 16.7. The van der Waals surface area contributed by atoms with Crippen LogP contribution in [0.2, 0.25) is 0 Å². The van der Waals surface area contributed by atoms with Gasteiger partial charge in [0, 0.05) is 18.8 Å². The van der Waals surface area contributed by atoms with Crippen LogP contribution >= 0.6 is 12.2 Å². The molecule has 0 aromatic heterocycles. The summed E-state index contributed by atoms with van der Waals surface area (Å²) in [5, 5.41) is 4.17. The van der Waals surface area contributed by atoms with E-state index in [4.69, 9.17) is 12.2 Å². The smallest absolute Gasteiger partial charge is 0.277 e. The van der Waals surface area contributed by atoms with Crippen LogP contribution in [0.3, 0.4) is 0 Å². The average molecular weight is 390 g/mol. The van der Waals surface area contributed by atoms with E-state index in [0.29, 0.717) is 12.5 Å². The Morgan fingerprint density at radius 2 is 1.56 bits per heavy atom. The third-order valence-electron chi connectivity index (χ3n) is 5.59. The summed E-state index contributed by atoms with van der Waals surface area (Å²) >= 11 is 5.62. The van der Waals surface area contributed by atoms with E-state index in [-0.39, 0.29) is 0 Å². The first kappa shape index (κ1) is 20.1. The molecule has 2 saturated heterocycles. The molecule has 2 aliphatic rings. The van der Waals surface area contributed by atoms with Gasteiger partial charge in [0.25, 0.3) is 5.91 Å². The van der Waals surface area contributed by atoms with Crippen molar-refractivity contribution in [2.45, 2.75) is 39.5 Å². The number of nitrogens with zero attached hydrogens (tertiary/aromatic N) is 2. The number of hydrogen-bond acceptors (Lipinski definition) is 2. The fourth-order valence-corrected chi connectivity index (χ4v) is 4.40. The van der Waals surface area contributed by atoms with Crippen LogP contribution in [0.25, 0.3) is 0 Å². The molecule has 0 spiro atoms. The van der Waals surface area contributed by atoms with E-state index in [1.165, 1.54) is 28.9 Å². The Morgan fingerprint density at radius 1 is 0.963 bits per heavy atom. The molecule has 0 radical (unpaired) electrons. The van der Waals surface area contributed by atoms with Crippen LogP contribution in [-0.2, 0) is 4.79 Å².